The Morgan fingerprint density at radius 1 is 0.921 bits per heavy atom. The molecule has 2 aromatic carbocycles. The molecule has 6 heterocycles. The third-order valence-electron chi connectivity index (χ3n) is 14.0. The molecular formula is C48H59N9O5S. The zero-order chi connectivity index (χ0) is 43.8. The molecule has 2 saturated heterocycles. The smallest absolute Gasteiger partial charge is 0.329 e. The topological polar surface area (TPSA) is 149 Å². The van der Waals surface area contributed by atoms with E-state index >= 15 is 0 Å². The first-order chi connectivity index (χ1) is 30.5. The Bertz CT molecular complexity index is 2610. The average Bonchev–Trinajstić information content (AvgIpc) is 4.04. The summed E-state index contributed by atoms with van der Waals surface area (Å²) in [7, 11) is 5.32. The van der Waals surface area contributed by atoms with Gasteiger partial charge < -0.3 is 19.7 Å². The number of thiazole rings is 1. The van der Waals surface area contributed by atoms with Gasteiger partial charge in [-0.15, -0.1) is 11.3 Å². The predicted molar refractivity (Wildman–Crippen MR) is 246 cm³/mol. The van der Waals surface area contributed by atoms with Crippen molar-refractivity contribution in [3.05, 3.63) is 91.9 Å². The van der Waals surface area contributed by atoms with Gasteiger partial charge in [0.15, 0.2) is 0 Å². The van der Waals surface area contributed by atoms with Gasteiger partial charge in [0.2, 0.25) is 17.7 Å². The standard InChI is InChI=1S/C48H59N9O5S/c1-52(2)47(61)39-29-37-36(27-34(28-38(37)50-39)33-7-5-20-56(30-33)45(59)17-16-44-49-18-25-63-44)32-9-11-35(12-10-32)55-23-21-54(22-24-55)19-4-6-31-8-13-40-42(26-31)53(3)48(62)57(40)41-14-15-43(58)51-46(41)60/h7-8,13,18,25-29,32,35,41,50H,4-6,9-12,14-17,19-24,30H2,1-3H3,(H,51,58,60). The number of piperidine rings is 1. The van der Waals surface area contributed by atoms with Gasteiger partial charge in [-0.3, -0.25) is 38.5 Å². The number of carbonyl (C=O) groups excluding carboxylic acids is 4. The summed E-state index contributed by atoms with van der Waals surface area (Å²) in [5, 5.41) is 6.46. The molecule has 4 aliphatic rings. The number of H-pyrrole nitrogens is 1. The van der Waals surface area contributed by atoms with Gasteiger partial charge in [0.05, 0.1) is 16.0 Å². The number of imide groups is 1. The lowest BCUT2D eigenvalue weighted by Crippen LogP contribution is -2.51. The Morgan fingerprint density at radius 2 is 1.73 bits per heavy atom. The fourth-order valence-electron chi connectivity index (χ4n) is 10.5. The van der Waals surface area contributed by atoms with Crippen LogP contribution in [0.4, 0.5) is 0 Å². The van der Waals surface area contributed by atoms with Crippen LogP contribution in [0, 0.1) is 0 Å². The van der Waals surface area contributed by atoms with Crippen molar-refractivity contribution < 1.29 is 19.2 Å². The van der Waals surface area contributed by atoms with E-state index < -0.39 is 11.9 Å². The van der Waals surface area contributed by atoms with Crippen LogP contribution in [0.2, 0.25) is 0 Å². The van der Waals surface area contributed by atoms with E-state index in [2.05, 4.69) is 55.4 Å². The quantitative estimate of drug-likeness (QED) is 0.157. The lowest BCUT2D eigenvalue weighted by molar-refractivity contribution is -0.136. The first-order valence-corrected chi connectivity index (χ1v) is 23.6. The number of fused-ring (bicyclic) bond motifs is 2. The van der Waals surface area contributed by atoms with E-state index in [0.29, 0.717) is 43.5 Å². The summed E-state index contributed by atoms with van der Waals surface area (Å²) in [5.41, 5.74) is 7.65. The molecule has 0 radical (unpaired) electrons. The van der Waals surface area contributed by atoms with E-state index in [1.165, 1.54) is 21.3 Å². The van der Waals surface area contributed by atoms with Crippen molar-refractivity contribution in [1.82, 2.24) is 44.0 Å². The van der Waals surface area contributed by atoms with Gasteiger partial charge in [0, 0.05) is 108 Å². The highest BCUT2D eigenvalue weighted by Crippen LogP contribution is 2.40. The van der Waals surface area contributed by atoms with Gasteiger partial charge in [-0.1, -0.05) is 18.2 Å². The molecule has 0 spiro atoms. The van der Waals surface area contributed by atoms with Crippen LogP contribution in [0.3, 0.4) is 0 Å². The van der Waals surface area contributed by atoms with Crippen molar-refractivity contribution in [2.24, 2.45) is 7.05 Å². The molecule has 15 heteroatoms. The predicted octanol–water partition coefficient (Wildman–Crippen LogP) is 5.48. The number of nitrogens with zero attached hydrogens (tertiary/aromatic N) is 7. The van der Waals surface area contributed by atoms with Crippen molar-refractivity contribution in [2.75, 3.05) is 59.9 Å². The maximum absolute atomic E-state index is 13.3. The molecule has 1 unspecified atom stereocenters. The van der Waals surface area contributed by atoms with Crippen LogP contribution in [-0.4, -0.2) is 128 Å². The van der Waals surface area contributed by atoms with Crippen molar-refractivity contribution in [3.63, 3.8) is 0 Å². The lowest BCUT2D eigenvalue weighted by atomic mass is 9.79. The Balaban J connectivity index is 0.800. The van der Waals surface area contributed by atoms with Crippen LogP contribution in [0.5, 0.6) is 0 Å². The number of amides is 4. The van der Waals surface area contributed by atoms with Crippen LogP contribution >= 0.6 is 11.3 Å². The molecule has 14 nitrogen and oxygen atoms in total. The zero-order valence-electron chi connectivity index (χ0n) is 36.7. The summed E-state index contributed by atoms with van der Waals surface area (Å²) in [5.74, 6) is -0.188. The second-order valence-electron chi connectivity index (χ2n) is 18.2. The number of aromatic nitrogens is 4. The monoisotopic (exact) mass is 873 g/mol. The molecule has 1 saturated carbocycles. The zero-order valence-corrected chi connectivity index (χ0v) is 37.6. The van der Waals surface area contributed by atoms with Crippen molar-refractivity contribution in [3.8, 4) is 0 Å². The molecule has 5 aromatic rings. The highest BCUT2D eigenvalue weighted by Gasteiger charge is 2.33. The fourth-order valence-corrected chi connectivity index (χ4v) is 11.1. The molecule has 332 valence electrons. The normalized spacial score (nSPS) is 21.5. The van der Waals surface area contributed by atoms with Crippen LogP contribution in [-0.2, 0) is 34.3 Å². The highest BCUT2D eigenvalue weighted by atomic mass is 32.1. The number of benzene rings is 2. The summed E-state index contributed by atoms with van der Waals surface area (Å²) in [6.07, 6.45) is 13.0. The molecule has 9 rings (SSSR count). The maximum atomic E-state index is 13.3. The number of hydrogen-bond donors (Lipinski definition) is 2. The molecule has 1 atom stereocenters. The summed E-state index contributed by atoms with van der Waals surface area (Å²) in [6.45, 7) is 6.57. The summed E-state index contributed by atoms with van der Waals surface area (Å²) < 4.78 is 3.15. The van der Waals surface area contributed by atoms with Crippen LogP contribution < -0.4 is 11.0 Å². The molecule has 3 aromatic heterocycles. The largest absolute Gasteiger partial charge is 0.350 e. The number of rotatable bonds is 12. The van der Waals surface area contributed by atoms with Crippen LogP contribution in [0.25, 0.3) is 27.5 Å². The Kier molecular flexibility index (Phi) is 12.5. The molecule has 0 bridgehead atoms. The minimum Gasteiger partial charge on any atom is -0.350 e. The summed E-state index contributed by atoms with van der Waals surface area (Å²) >= 11 is 1.60. The molecule has 2 N–H and O–H groups in total. The van der Waals surface area contributed by atoms with Gasteiger partial charge in [-0.25, -0.2) is 9.78 Å². The van der Waals surface area contributed by atoms with E-state index in [9.17, 15) is 24.0 Å². The number of nitrogens with one attached hydrogen (secondary N) is 2. The average molecular weight is 874 g/mol. The second kappa shape index (κ2) is 18.4. The Hall–Kier alpha value is -5.38. The van der Waals surface area contributed by atoms with Gasteiger partial charge in [0.25, 0.3) is 5.91 Å². The van der Waals surface area contributed by atoms with Crippen molar-refractivity contribution in [2.45, 2.75) is 88.6 Å². The van der Waals surface area contributed by atoms with E-state index in [1.807, 2.05) is 22.4 Å². The lowest BCUT2D eigenvalue weighted by Gasteiger charge is -2.42. The summed E-state index contributed by atoms with van der Waals surface area (Å²) in [4.78, 5) is 80.7. The number of aryl methyl sites for hydroxylation is 3. The van der Waals surface area contributed by atoms with Crippen molar-refractivity contribution in [1.29, 1.82) is 0 Å². The van der Waals surface area contributed by atoms with Gasteiger partial charge in [0.1, 0.15) is 11.7 Å². The summed E-state index contributed by atoms with van der Waals surface area (Å²) in [6, 6.07) is 12.6. The number of carbonyl (C=O) groups is 4. The minimum atomic E-state index is -0.678. The molecule has 63 heavy (non-hydrogen) atoms. The van der Waals surface area contributed by atoms with Gasteiger partial charge in [-0.2, -0.15) is 0 Å². The van der Waals surface area contributed by atoms with E-state index in [4.69, 9.17) is 0 Å². The molecule has 3 aliphatic heterocycles. The Labute approximate surface area is 371 Å². The van der Waals surface area contributed by atoms with Crippen LogP contribution in [0.15, 0.2) is 58.8 Å². The van der Waals surface area contributed by atoms with Gasteiger partial charge in [-0.05, 0) is 110 Å². The van der Waals surface area contributed by atoms with Crippen molar-refractivity contribution >= 4 is 62.5 Å². The van der Waals surface area contributed by atoms with E-state index in [0.717, 1.165) is 117 Å². The third kappa shape index (κ3) is 9.05. The van der Waals surface area contributed by atoms with E-state index in [1.54, 1.807) is 48.1 Å². The van der Waals surface area contributed by atoms with Gasteiger partial charge >= 0.3 is 5.69 Å². The molecule has 4 amide bonds. The van der Waals surface area contributed by atoms with Crippen LogP contribution in [0.1, 0.15) is 102 Å². The second-order valence-corrected chi connectivity index (χ2v) is 19.1. The number of aromatic amines is 1. The fraction of sp³-hybridized carbons (Fsp3) is 0.500. The van der Waals surface area contributed by atoms with E-state index in [-0.39, 0.29) is 29.8 Å². The minimum absolute atomic E-state index is 0.0377. The number of piperazine rings is 1. The number of imidazole rings is 1. The molecular weight excluding hydrogens is 815 g/mol. The third-order valence-corrected chi connectivity index (χ3v) is 14.8. The maximum Gasteiger partial charge on any atom is 0.329 e. The Morgan fingerprint density at radius 3 is 2.48 bits per heavy atom. The molecule has 3 fully saturated rings. The SMILES string of the molecule is CN(C)C(=O)c1cc2c(C3CCC(N4CCN(CCCc5ccc6c(c5)n(C)c(=O)n6C5CCC(=O)NC5=O)CC4)CC3)cc(C3=CCCN(C(=O)CCc4nccs4)C3)cc2[nH]1. The highest BCUT2D eigenvalue weighted by molar-refractivity contribution is 7.09. The first-order valence-electron chi connectivity index (χ1n) is 22.7. The molecule has 1 aliphatic carbocycles. The first kappa shape index (κ1) is 42.9. The number of hydrogen-bond acceptors (Lipinski definition) is 9.